The van der Waals surface area contributed by atoms with Crippen LogP contribution in [0.3, 0.4) is 0 Å². The van der Waals surface area contributed by atoms with Crippen molar-refractivity contribution in [1.82, 2.24) is 14.5 Å². The van der Waals surface area contributed by atoms with Crippen LogP contribution in [0.15, 0.2) is 4.90 Å². The van der Waals surface area contributed by atoms with Gasteiger partial charge in [-0.2, -0.15) is 5.10 Å². The van der Waals surface area contributed by atoms with Crippen LogP contribution in [0.5, 0.6) is 0 Å². The lowest BCUT2D eigenvalue weighted by Gasteiger charge is -2.14. The molecule has 0 aromatic carbocycles. The third-order valence-electron chi connectivity index (χ3n) is 2.46. The molecule has 0 radical (unpaired) electrons. The van der Waals surface area contributed by atoms with Crippen LogP contribution in [0.25, 0.3) is 0 Å². The Kier molecular flexibility index (Phi) is 4.08. The molecule has 104 valence electrons. The molecule has 6 nitrogen and oxygen atoms in total. The number of rotatable bonds is 5. The fourth-order valence-corrected chi connectivity index (χ4v) is 2.97. The Balaban J connectivity index is 3.01. The molecular formula is C9H15F2N3O3S. The number of hydrogen-bond acceptors (Lipinski definition) is 4. The summed E-state index contributed by atoms with van der Waals surface area (Å²) in [5.41, 5.74) is 0.585. The zero-order valence-corrected chi connectivity index (χ0v) is 11.1. The van der Waals surface area contributed by atoms with Crippen LogP contribution < -0.4 is 4.72 Å². The van der Waals surface area contributed by atoms with Crippen molar-refractivity contribution < 1.29 is 22.3 Å². The van der Waals surface area contributed by atoms with E-state index < -0.39 is 29.1 Å². The van der Waals surface area contributed by atoms with E-state index in [1.165, 1.54) is 18.5 Å². The normalized spacial score (nSPS) is 13.0. The van der Waals surface area contributed by atoms with E-state index in [0.717, 1.165) is 0 Å². The Bertz CT molecular complexity index is 539. The third kappa shape index (κ3) is 3.03. The quantitative estimate of drug-likeness (QED) is 0.793. The average molecular weight is 283 g/mol. The van der Waals surface area contributed by atoms with Gasteiger partial charge in [-0.25, -0.2) is 21.9 Å². The maximum Gasteiger partial charge on any atom is 0.283 e. The Morgan fingerprint density at radius 3 is 2.39 bits per heavy atom. The minimum Gasteiger partial charge on any atom is -0.390 e. The van der Waals surface area contributed by atoms with Gasteiger partial charge in [0.05, 0.1) is 17.9 Å². The largest absolute Gasteiger partial charge is 0.390 e. The van der Waals surface area contributed by atoms with Crippen molar-refractivity contribution in [2.75, 3.05) is 13.2 Å². The highest BCUT2D eigenvalue weighted by atomic mass is 32.2. The fourth-order valence-electron chi connectivity index (χ4n) is 1.47. The third-order valence-corrected chi connectivity index (χ3v) is 4.12. The molecule has 1 aromatic rings. The zero-order chi connectivity index (χ0) is 14.1. The van der Waals surface area contributed by atoms with Crippen LogP contribution in [0.2, 0.25) is 0 Å². The highest BCUT2D eigenvalue weighted by Crippen LogP contribution is 2.19. The summed E-state index contributed by atoms with van der Waals surface area (Å²) in [5, 5.41) is 12.3. The van der Waals surface area contributed by atoms with Crippen LogP contribution in [0, 0.1) is 13.8 Å². The van der Waals surface area contributed by atoms with Crippen molar-refractivity contribution in [2.24, 2.45) is 7.05 Å². The molecular weight excluding hydrogens is 268 g/mol. The van der Waals surface area contributed by atoms with Crippen molar-refractivity contribution >= 4 is 10.0 Å². The van der Waals surface area contributed by atoms with Gasteiger partial charge < -0.3 is 5.11 Å². The SMILES string of the molecule is Cc1nn(C)c(C)c1S(=O)(=O)NCC(F)(F)CO. The molecule has 0 aliphatic carbocycles. The first-order valence-electron chi connectivity index (χ1n) is 5.09. The molecule has 0 atom stereocenters. The van der Waals surface area contributed by atoms with Gasteiger partial charge in [-0.05, 0) is 13.8 Å². The topological polar surface area (TPSA) is 84.2 Å². The van der Waals surface area contributed by atoms with Crippen molar-refractivity contribution in [3.63, 3.8) is 0 Å². The zero-order valence-electron chi connectivity index (χ0n) is 10.2. The predicted octanol–water partition coefficient (Wildman–Crippen LogP) is -0.0572. The Labute approximate surface area is 104 Å². The Morgan fingerprint density at radius 2 is 2.00 bits per heavy atom. The summed E-state index contributed by atoms with van der Waals surface area (Å²) in [5.74, 6) is -3.49. The number of aliphatic hydroxyl groups excluding tert-OH is 1. The van der Waals surface area contributed by atoms with E-state index in [1.54, 1.807) is 11.8 Å². The van der Waals surface area contributed by atoms with Gasteiger partial charge in [-0.1, -0.05) is 0 Å². The van der Waals surface area contributed by atoms with Gasteiger partial charge in [-0.3, -0.25) is 4.68 Å². The molecule has 0 aliphatic rings. The highest BCUT2D eigenvalue weighted by molar-refractivity contribution is 7.89. The second kappa shape index (κ2) is 4.90. The van der Waals surface area contributed by atoms with Gasteiger partial charge in [0, 0.05) is 7.05 Å². The van der Waals surface area contributed by atoms with Crippen LogP contribution >= 0.6 is 0 Å². The summed E-state index contributed by atoms with van der Waals surface area (Å²) < 4.78 is 52.5. The number of aryl methyl sites for hydroxylation is 2. The van der Waals surface area contributed by atoms with Gasteiger partial charge in [0.2, 0.25) is 10.0 Å². The standard InChI is InChI=1S/C9H15F2N3O3S/c1-6-8(7(2)14(3)13-6)18(16,17)12-4-9(10,11)5-15/h12,15H,4-5H2,1-3H3. The summed E-state index contributed by atoms with van der Waals surface area (Å²) in [4.78, 5) is -0.112. The molecule has 1 heterocycles. The van der Waals surface area contributed by atoms with E-state index in [2.05, 4.69) is 5.10 Å². The lowest BCUT2D eigenvalue weighted by atomic mass is 10.4. The Hall–Kier alpha value is -1.06. The lowest BCUT2D eigenvalue weighted by molar-refractivity contribution is -0.0437. The molecule has 1 rings (SSSR count). The van der Waals surface area contributed by atoms with Crippen molar-refractivity contribution in [3.8, 4) is 0 Å². The molecule has 9 heteroatoms. The second-order valence-electron chi connectivity index (χ2n) is 3.96. The number of aliphatic hydroxyl groups is 1. The number of halogens is 2. The first-order valence-corrected chi connectivity index (χ1v) is 6.57. The monoisotopic (exact) mass is 283 g/mol. The van der Waals surface area contributed by atoms with Gasteiger partial charge in [0.15, 0.2) is 0 Å². The van der Waals surface area contributed by atoms with E-state index >= 15 is 0 Å². The molecule has 18 heavy (non-hydrogen) atoms. The molecule has 0 aliphatic heterocycles. The molecule has 1 aromatic heterocycles. The van der Waals surface area contributed by atoms with Crippen LogP contribution in [0.1, 0.15) is 11.4 Å². The molecule has 0 spiro atoms. The highest BCUT2D eigenvalue weighted by Gasteiger charge is 2.32. The van der Waals surface area contributed by atoms with E-state index in [9.17, 15) is 17.2 Å². The minimum absolute atomic E-state index is 0.112. The molecule has 0 saturated carbocycles. The molecule has 0 bridgehead atoms. The number of alkyl halides is 2. The number of nitrogens with zero attached hydrogens (tertiary/aromatic N) is 2. The second-order valence-corrected chi connectivity index (χ2v) is 5.67. The average Bonchev–Trinajstić information content (AvgIpc) is 2.51. The lowest BCUT2D eigenvalue weighted by Crippen LogP contribution is -2.39. The maximum absolute atomic E-state index is 12.8. The molecule has 2 N–H and O–H groups in total. The number of aromatic nitrogens is 2. The van der Waals surface area contributed by atoms with E-state index in [0.29, 0.717) is 5.69 Å². The van der Waals surface area contributed by atoms with Crippen molar-refractivity contribution in [1.29, 1.82) is 0 Å². The van der Waals surface area contributed by atoms with Crippen LogP contribution in [0.4, 0.5) is 8.78 Å². The number of hydrogen-bond donors (Lipinski definition) is 2. The van der Waals surface area contributed by atoms with Gasteiger partial charge in [-0.15, -0.1) is 0 Å². The summed E-state index contributed by atoms with van der Waals surface area (Å²) in [6.07, 6.45) is 0. The predicted molar refractivity (Wildman–Crippen MR) is 59.9 cm³/mol. The molecule has 0 unspecified atom stereocenters. The van der Waals surface area contributed by atoms with E-state index in [1.807, 2.05) is 0 Å². The minimum atomic E-state index is -4.07. The molecule has 0 amide bonds. The molecule has 0 fully saturated rings. The summed E-state index contributed by atoms with van der Waals surface area (Å²) in [6.45, 7) is 0.435. The Morgan fingerprint density at radius 1 is 1.44 bits per heavy atom. The first-order chi connectivity index (χ1) is 8.10. The smallest absolute Gasteiger partial charge is 0.283 e. The van der Waals surface area contributed by atoms with Crippen molar-refractivity contribution in [2.45, 2.75) is 24.7 Å². The van der Waals surface area contributed by atoms with Crippen LogP contribution in [-0.2, 0) is 17.1 Å². The van der Waals surface area contributed by atoms with E-state index in [4.69, 9.17) is 5.11 Å². The fraction of sp³-hybridized carbons (Fsp3) is 0.667. The van der Waals surface area contributed by atoms with E-state index in [-0.39, 0.29) is 10.6 Å². The number of sulfonamides is 1. The maximum atomic E-state index is 12.8. The van der Waals surface area contributed by atoms with Gasteiger partial charge in [0.1, 0.15) is 11.5 Å². The first kappa shape index (κ1) is 15.0. The van der Waals surface area contributed by atoms with Gasteiger partial charge >= 0.3 is 0 Å². The van der Waals surface area contributed by atoms with Crippen LogP contribution in [-0.4, -0.2) is 42.4 Å². The molecule has 0 saturated heterocycles. The van der Waals surface area contributed by atoms with Gasteiger partial charge in [0.25, 0.3) is 5.92 Å². The summed E-state index contributed by atoms with van der Waals surface area (Å²) in [7, 11) is -2.51. The number of nitrogens with one attached hydrogen (secondary N) is 1. The van der Waals surface area contributed by atoms with Crippen molar-refractivity contribution in [3.05, 3.63) is 11.4 Å². The summed E-state index contributed by atoms with van der Waals surface area (Å²) >= 11 is 0. The summed E-state index contributed by atoms with van der Waals surface area (Å²) in [6, 6.07) is 0.